The molecule has 0 aromatic carbocycles. The summed E-state index contributed by atoms with van der Waals surface area (Å²) in [6.45, 7) is 10.4. The zero-order valence-electron chi connectivity index (χ0n) is 17.2. The standard InChI is InChI=1S/C22H38O4/c1-6-13-8-14(7-2)21-17-10-15(20(13)21)9-16(17)18(23)11-19(24)25-12-26-22(3,4)5/h13-18,20-21,23H,6-12H2,1-5H3. The monoisotopic (exact) mass is 366 g/mol. The first-order valence-electron chi connectivity index (χ1n) is 10.7. The first-order valence-corrected chi connectivity index (χ1v) is 10.7. The summed E-state index contributed by atoms with van der Waals surface area (Å²) in [4.78, 5) is 12.1. The third-order valence-corrected chi connectivity index (χ3v) is 7.51. The summed E-state index contributed by atoms with van der Waals surface area (Å²) in [6.07, 6.45) is 5.85. The van der Waals surface area contributed by atoms with Gasteiger partial charge >= 0.3 is 5.97 Å². The summed E-state index contributed by atoms with van der Waals surface area (Å²) < 4.78 is 10.6. The maximum Gasteiger partial charge on any atom is 0.310 e. The Hall–Kier alpha value is -0.610. The minimum absolute atomic E-state index is 0.0352. The maximum absolute atomic E-state index is 12.1. The summed E-state index contributed by atoms with van der Waals surface area (Å²) in [5.41, 5.74) is -0.327. The van der Waals surface area contributed by atoms with Crippen LogP contribution in [0.15, 0.2) is 0 Å². The van der Waals surface area contributed by atoms with Gasteiger partial charge in [0.1, 0.15) is 0 Å². The minimum Gasteiger partial charge on any atom is -0.438 e. The Labute approximate surface area is 159 Å². The van der Waals surface area contributed by atoms with Crippen molar-refractivity contribution in [3.63, 3.8) is 0 Å². The number of aliphatic hydroxyl groups is 1. The third-order valence-electron chi connectivity index (χ3n) is 7.51. The molecule has 0 saturated heterocycles. The van der Waals surface area contributed by atoms with E-state index in [0.717, 1.165) is 36.0 Å². The predicted octanol–water partition coefficient (Wildman–Crippen LogP) is 4.40. The molecule has 0 aromatic heterocycles. The highest BCUT2D eigenvalue weighted by Crippen LogP contribution is 2.66. The van der Waals surface area contributed by atoms with E-state index in [2.05, 4.69) is 13.8 Å². The van der Waals surface area contributed by atoms with E-state index in [-0.39, 0.29) is 30.7 Å². The molecule has 3 fully saturated rings. The smallest absolute Gasteiger partial charge is 0.310 e. The van der Waals surface area contributed by atoms with E-state index in [0.29, 0.717) is 5.92 Å². The highest BCUT2D eigenvalue weighted by atomic mass is 16.7. The van der Waals surface area contributed by atoms with Crippen LogP contribution in [-0.2, 0) is 14.3 Å². The normalized spacial score (nSPS) is 39.8. The van der Waals surface area contributed by atoms with Crippen molar-refractivity contribution in [3.8, 4) is 0 Å². The quantitative estimate of drug-likeness (QED) is 0.536. The molecule has 26 heavy (non-hydrogen) atoms. The Balaban J connectivity index is 1.54. The number of rotatable bonds is 7. The van der Waals surface area contributed by atoms with Crippen molar-refractivity contribution in [1.29, 1.82) is 0 Å². The van der Waals surface area contributed by atoms with Crippen LogP contribution in [0.5, 0.6) is 0 Å². The Bertz CT molecular complexity index is 497. The van der Waals surface area contributed by atoms with Crippen LogP contribution in [0.25, 0.3) is 0 Å². The number of carbonyl (C=O) groups is 1. The molecule has 3 rings (SSSR count). The minimum atomic E-state index is -0.564. The van der Waals surface area contributed by atoms with Crippen LogP contribution in [0, 0.1) is 41.4 Å². The number of aliphatic hydroxyl groups excluding tert-OH is 1. The maximum atomic E-state index is 12.1. The molecule has 3 saturated carbocycles. The second-order valence-corrected chi connectivity index (χ2v) is 9.95. The second kappa shape index (κ2) is 7.79. The van der Waals surface area contributed by atoms with Crippen LogP contribution in [0.1, 0.15) is 73.1 Å². The lowest BCUT2D eigenvalue weighted by Crippen LogP contribution is -2.37. The van der Waals surface area contributed by atoms with Gasteiger partial charge in [-0.05, 0) is 81.5 Å². The van der Waals surface area contributed by atoms with Crippen LogP contribution in [0.4, 0.5) is 0 Å². The van der Waals surface area contributed by atoms with Crippen LogP contribution in [0.3, 0.4) is 0 Å². The molecule has 0 radical (unpaired) electrons. The topological polar surface area (TPSA) is 55.8 Å². The molecule has 1 N–H and O–H groups in total. The van der Waals surface area contributed by atoms with E-state index in [1.54, 1.807) is 0 Å². The number of hydrogen-bond donors (Lipinski definition) is 1. The van der Waals surface area contributed by atoms with Gasteiger partial charge in [-0.25, -0.2) is 0 Å². The highest BCUT2D eigenvalue weighted by molar-refractivity contribution is 5.69. The largest absolute Gasteiger partial charge is 0.438 e. The van der Waals surface area contributed by atoms with Crippen molar-refractivity contribution in [2.24, 2.45) is 41.4 Å². The summed E-state index contributed by atoms with van der Waals surface area (Å²) >= 11 is 0. The molecule has 4 nitrogen and oxygen atoms in total. The van der Waals surface area contributed by atoms with Gasteiger partial charge in [-0.1, -0.05) is 26.7 Å². The third kappa shape index (κ3) is 3.96. The van der Waals surface area contributed by atoms with Gasteiger partial charge in [0, 0.05) is 0 Å². The van der Waals surface area contributed by atoms with Gasteiger partial charge < -0.3 is 14.6 Å². The molecule has 0 aromatic rings. The number of fused-ring (bicyclic) bond motifs is 5. The molecular formula is C22H38O4. The van der Waals surface area contributed by atoms with Crippen LogP contribution < -0.4 is 0 Å². The first-order chi connectivity index (χ1) is 12.2. The van der Waals surface area contributed by atoms with E-state index >= 15 is 0 Å². The van der Waals surface area contributed by atoms with Crippen molar-refractivity contribution < 1.29 is 19.4 Å². The Morgan fingerprint density at radius 3 is 2.35 bits per heavy atom. The van der Waals surface area contributed by atoms with Crippen molar-refractivity contribution >= 4 is 5.97 Å². The Morgan fingerprint density at radius 2 is 1.73 bits per heavy atom. The SMILES string of the molecule is CCC1CC(CC)C2C3CC(CC3C(O)CC(=O)OCOC(C)(C)C)C12. The van der Waals surface area contributed by atoms with E-state index in [1.165, 1.54) is 25.7 Å². The zero-order valence-corrected chi connectivity index (χ0v) is 17.2. The Morgan fingerprint density at radius 1 is 1.08 bits per heavy atom. The highest BCUT2D eigenvalue weighted by Gasteiger charge is 2.60. The average molecular weight is 367 g/mol. The van der Waals surface area contributed by atoms with Gasteiger partial charge in [0.25, 0.3) is 0 Å². The van der Waals surface area contributed by atoms with Gasteiger partial charge in [-0.15, -0.1) is 0 Å². The van der Waals surface area contributed by atoms with Crippen molar-refractivity contribution in [3.05, 3.63) is 0 Å². The second-order valence-electron chi connectivity index (χ2n) is 9.95. The molecule has 2 bridgehead atoms. The van der Waals surface area contributed by atoms with Gasteiger partial charge in [0.2, 0.25) is 0 Å². The fourth-order valence-electron chi connectivity index (χ4n) is 6.54. The summed E-state index contributed by atoms with van der Waals surface area (Å²) in [7, 11) is 0. The molecule has 4 heteroatoms. The zero-order chi connectivity index (χ0) is 19.1. The lowest BCUT2D eigenvalue weighted by molar-refractivity contribution is -0.170. The van der Waals surface area contributed by atoms with Gasteiger partial charge in [0.05, 0.1) is 18.1 Å². The molecule has 0 spiro atoms. The molecule has 8 unspecified atom stereocenters. The van der Waals surface area contributed by atoms with E-state index in [1.807, 2.05) is 20.8 Å². The van der Waals surface area contributed by atoms with E-state index in [9.17, 15) is 9.90 Å². The molecule has 0 heterocycles. The predicted molar refractivity (Wildman–Crippen MR) is 101 cm³/mol. The molecule has 0 aliphatic heterocycles. The van der Waals surface area contributed by atoms with Crippen LogP contribution >= 0.6 is 0 Å². The van der Waals surface area contributed by atoms with E-state index < -0.39 is 6.10 Å². The molecule has 8 atom stereocenters. The molecule has 3 aliphatic carbocycles. The van der Waals surface area contributed by atoms with Crippen LogP contribution in [-0.4, -0.2) is 29.6 Å². The number of ether oxygens (including phenoxy) is 2. The number of hydrogen-bond acceptors (Lipinski definition) is 4. The molecule has 3 aliphatic rings. The fraction of sp³-hybridized carbons (Fsp3) is 0.955. The van der Waals surface area contributed by atoms with Gasteiger partial charge in [0.15, 0.2) is 6.79 Å². The molecular weight excluding hydrogens is 328 g/mol. The number of carbonyl (C=O) groups excluding carboxylic acids is 1. The summed E-state index contributed by atoms with van der Waals surface area (Å²) in [5.74, 6) is 4.69. The summed E-state index contributed by atoms with van der Waals surface area (Å²) in [5, 5.41) is 10.8. The number of esters is 1. The van der Waals surface area contributed by atoms with Crippen molar-refractivity contribution in [1.82, 2.24) is 0 Å². The lowest BCUT2D eigenvalue weighted by Gasteiger charge is -2.37. The van der Waals surface area contributed by atoms with Crippen molar-refractivity contribution in [2.45, 2.75) is 84.8 Å². The average Bonchev–Trinajstić information content (AvgIpc) is 3.23. The first kappa shape index (κ1) is 20.1. The van der Waals surface area contributed by atoms with Gasteiger partial charge in [-0.2, -0.15) is 0 Å². The molecule has 150 valence electrons. The fourth-order valence-corrected chi connectivity index (χ4v) is 6.54. The van der Waals surface area contributed by atoms with Crippen LogP contribution in [0.2, 0.25) is 0 Å². The Kier molecular flexibility index (Phi) is 6.03. The van der Waals surface area contributed by atoms with Gasteiger partial charge in [-0.3, -0.25) is 4.79 Å². The lowest BCUT2D eigenvalue weighted by atomic mass is 9.69. The van der Waals surface area contributed by atoms with Crippen molar-refractivity contribution in [2.75, 3.05) is 6.79 Å². The summed E-state index contributed by atoms with van der Waals surface area (Å²) in [6, 6.07) is 0. The van der Waals surface area contributed by atoms with E-state index in [4.69, 9.17) is 9.47 Å². The molecule has 0 amide bonds.